The lowest BCUT2D eigenvalue weighted by Gasteiger charge is -2.10. The fraction of sp³-hybridized carbons (Fsp3) is 0.105. The Morgan fingerprint density at radius 2 is 1.88 bits per heavy atom. The second-order valence-corrected chi connectivity index (χ2v) is 6.31. The van der Waals surface area contributed by atoms with Crippen LogP contribution in [0.5, 0.6) is 5.75 Å². The molecule has 0 radical (unpaired) electrons. The van der Waals surface area contributed by atoms with E-state index >= 15 is 0 Å². The quantitative estimate of drug-likeness (QED) is 0.617. The monoisotopic (exact) mass is 388 g/mol. The van der Waals surface area contributed by atoms with Crippen LogP contribution in [0.3, 0.4) is 0 Å². The molecule has 26 heavy (non-hydrogen) atoms. The number of carbonyl (C=O) groups is 1. The molecule has 3 aromatic rings. The van der Waals surface area contributed by atoms with Crippen LogP contribution in [0.2, 0.25) is 10.0 Å². The number of benzene rings is 2. The minimum atomic E-state index is -0.387. The summed E-state index contributed by atoms with van der Waals surface area (Å²) >= 11 is 11.9. The van der Waals surface area contributed by atoms with Gasteiger partial charge in [-0.2, -0.15) is 5.10 Å². The minimum Gasteiger partial charge on any atom is -0.496 e. The molecule has 0 unspecified atom stereocenters. The van der Waals surface area contributed by atoms with Crippen LogP contribution in [0, 0.1) is 0 Å². The third-order valence-corrected chi connectivity index (χ3v) is 4.32. The van der Waals surface area contributed by atoms with Crippen LogP contribution in [-0.2, 0) is 6.54 Å². The molecular formula is C19H14Cl2N2O3. The van der Waals surface area contributed by atoms with Gasteiger partial charge in [-0.1, -0.05) is 35.3 Å². The van der Waals surface area contributed by atoms with Crippen molar-refractivity contribution in [2.75, 3.05) is 7.11 Å². The molecule has 0 atom stereocenters. The number of ketones is 1. The zero-order chi connectivity index (χ0) is 18.7. The van der Waals surface area contributed by atoms with Gasteiger partial charge in [0.25, 0.3) is 5.56 Å². The first-order valence-electron chi connectivity index (χ1n) is 7.69. The standard InChI is InChI=1S/C19H14Cl2N2O3/c1-26-18-5-3-2-4-14(18)16-8-9-19(25)23(22-16)11-17(24)13-7-6-12(20)10-15(13)21/h2-10H,11H2,1H3. The Hall–Kier alpha value is -2.63. The lowest BCUT2D eigenvalue weighted by molar-refractivity contribution is 0.0966. The van der Waals surface area contributed by atoms with Crippen LogP contribution in [0.15, 0.2) is 59.4 Å². The molecule has 1 heterocycles. The van der Waals surface area contributed by atoms with Crippen molar-refractivity contribution in [3.63, 3.8) is 0 Å². The van der Waals surface area contributed by atoms with E-state index in [1.807, 2.05) is 18.2 Å². The number of Topliss-reactive ketones (excluding diaryl/α,β-unsaturated/α-hetero) is 1. The van der Waals surface area contributed by atoms with Crippen LogP contribution in [0.4, 0.5) is 0 Å². The summed E-state index contributed by atoms with van der Waals surface area (Å²) in [6.07, 6.45) is 0. The van der Waals surface area contributed by atoms with Gasteiger partial charge < -0.3 is 4.74 Å². The molecule has 132 valence electrons. The highest BCUT2D eigenvalue weighted by atomic mass is 35.5. The fourth-order valence-corrected chi connectivity index (χ4v) is 3.01. The number of nitrogens with zero attached hydrogens (tertiary/aromatic N) is 2. The molecule has 0 aliphatic heterocycles. The number of hydrogen-bond donors (Lipinski definition) is 0. The van der Waals surface area contributed by atoms with E-state index in [1.165, 1.54) is 18.2 Å². The number of rotatable bonds is 5. The van der Waals surface area contributed by atoms with Gasteiger partial charge in [-0.3, -0.25) is 9.59 Å². The smallest absolute Gasteiger partial charge is 0.267 e. The highest BCUT2D eigenvalue weighted by Gasteiger charge is 2.14. The van der Waals surface area contributed by atoms with Gasteiger partial charge in [0, 0.05) is 22.2 Å². The first-order valence-corrected chi connectivity index (χ1v) is 8.45. The van der Waals surface area contributed by atoms with E-state index in [9.17, 15) is 9.59 Å². The van der Waals surface area contributed by atoms with Crippen molar-refractivity contribution < 1.29 is 9.53 Å². The van der Waals surface area contributed by atoms with Crippen LogP contribution in [-0.4, -0.2) is 22.7 Å². The Labute approximate surface area is 159 Å². The predicted octanol–water partition coefficient (Wildman–Crippen LogP) is 4.11. The molecule has 5 nitrogen and oxygen atoms in total. The summed E-state index contributed by atoms with van der Waals surface area (Å²) in [5.74, 6) is 0.288. The molecule has 0 aliphatic rings. The van der Waals surface area contributed by atoms with E-state index < -0.39 is 0 Å². The minimum absolute atomic E-state index is 0.233. The van der Waals surface area contributed by atoms with E-state index in [-0.39, 0.29) is 28.5 Å². The van der Waals surface area contributed by atoms with Crippen molar-refractivity contribution in [1.82, 2.24) is 9.78 Å². The molecule has 0 N–H and O–H groups in total. The Morgan fingerprint density at radius 3 is 2.62 bits per heavy atom. The number of halogens is 2. The van der Waals surface area contributed by atoms with Crippen LogP contribution >= 0.6 is 23.2 Å². The molecule has 3 rings (SSSR count). The average molecular weight is 389 g/mol. The largest absolute Gasteiger partial charge is 0.496 e. The summed E-state index contributed by atoms with van der Waals surface area (Å²) in [6.45, 7) is -0.233. The zero-order valence-corrected chi connectivity index (χ0v) is 15.3. The number of para-hydroxylation sites is 1. The van der Waals surface area contributed by atoms with E-state index in [4.69, 9.17) is 27.9 Å². The van der Waals surface area contributed by atoms with Gasteiger partial charge >= 0.3 is 0 Å². The molecule has 1 aromatic heterocycles. The normalized spacial score (nSPS) is 10.6. The third kappa shape index (κ3) is 3.79. The second-order valence-electron chi connectivity index (χ2n) is 5.46. The van der Waals surface area contributed by atoms with Gasteiger partial charge in [0.15, 0.2) is 5.78 Å². The van der Waals surface area contributed by atoms with Crippen LogP contribution < -0.4 is 10.3 Å². The maximum absolute atomic E-state index is 12.5. The first-order chi connectivity index (χ1) is 12.5. The average Bonchev–Trinajstić information content (AvgIpc) is 2.63. The Morgan fingerprint density at radius 1 is 1.12 bits per heavy atom. The summed E-state index contributed by atoms with van der Waals surface area (Å²) in [4.78, 5) is 24.6. The molecule has 0 saturated carbocycles. The highest BCUT2D eigenvalue weighted by Crippen LogP contribution is 2.27. The van der Waals surface area contributed by atoms with Crippen LogP contribution in [0.1, 0.15) is 10.4 Å². The van der Waals surface area contributed by atoms with Gasteiger partial charge in [0.2, 0.25) is 0 Å². The SMILES string of the molecule is COc1ccccc1-c1ccc(=O)n(CC(=O)c2ccc(Cl)cc2Cl)n1. The van der Waals surface area contributed by atoms with Crippen molar-refractivity contribution in [2.24, 2.45) is 0 Å². The van der Waals surface area contributed by atoms with Gasteiger partial charge in [-0.15, -0.1) is 0 Å². The van der Waals surface area contributed by atoms with Gasteiger partial charge in [0.1, 0.15) is 12.3 Å². The zero-order valence-electron chi connectivity index (χ0n) is 13.8. The van der Waals surface area contributed by atoms with E-state index in [1.54, 1.807) is 25.3 Å². The summed E-state index contributed by atoms with van der Waals surface area (Å²) in [5.41, 5.74) is 1.15. The van der Waals surface area contributed by atoms with E-state index in [0.717, 1.165) is 10.2 Å². The van der Waals surface area contributed by atoms with Crippen molar-refractivity contribution in [3.8, 4) is 17.0 Å². The third-order valence-electron chi connectivity index (χ3n) is 3.77. The molecule has 7 heteroatoms. The summed E-state index contributed by atoms with van der Waals surface area (Å²) < 4.78 is 6.43. The number of carbonyl (C=O) groups excluding carboxylic acids is 1. The lowest BCUT2D eigenvalue weighted by Crippen LogP contribution is -2.26. The van der Waals surface area contributed by atoms with Crippen molar-refractivity contribution >= 4 is 29.0 Å². The lowest BCUT2D eigenvalue weighted by atomic mass is 10.1. The Balaban J connectivity index is 1.96. The Bertz CT molecular complexity index is 1030. The Kier molecular flexibility index (Phi) is 5.40. The molecule has 0 fully saturated rings. The molecule has 0 amide bonds. The topological polar surface area (TPSA) is 61.2 Å². The summed E-state index contributed by atoms with van der Waals surface area (Å²) in [6, 6.07) is 14.8. The second kappa shape index (κ2) is 7.72. The van der Waals surface area contributed by atoms with Crippen LogP contribution in [0.25, 0.3) is 11.3 Å². The highest BCUT2D eigenvalue weighted by molar-refractivity contribution is 6.36. The predicted molar refractivity (Wildman–Crippen MR) is 101 cm³/mol. The summed E-state index contributed by atoms with van der Waals surface area (Å²) in [7, 11) is 1.56. The number of aromatic nitrogens is 2. The molecule has 2 aromatic carbocycles. The van der Waals surface area contributed by atoms with Gasteiger partial charge in [-0.25, -0.2) is 4.68 Å². The van der Waals surface area contributed by atoms with Gasteiger partial charge in [0.05, 0.1) is 17.8 Å². The number of ether oxygens (including phenoxy) is 1. The molecule has 0 spiro atoms. The van der Waals surface area contributed by atoms with Crippen molar-refractivity contribution in [2.45, 2.75) is 6.54 Å². The summed E-state index contributed by atoms with van der Waals surface area (Å²) in [5, 5.41) is 4.96. The van der Waals surface area contributed by atoms with Crippen molar-refractivity contribution in [3.05, 3.63) is 80.6 Å². The molecule has 0 aliphatic carbocycles. The molecule has 0 bridgehead atoms. The van der Waals surface area contributed by atoms with E-state index in [2.05, 4.69) is 5.10 Å². The maximum atomic E-state index is 12.5. The maximum Gasteiger partial charge on any atom is 0.267 e. The molecule has 0 saturated heterocycles. The number of methoxy groups -OCH3 is 1. The van der Waals surface area contributed by atoms with E-state index in [0.29, 0.717) is 16.5 Å². The van der Waals surface area contributed by atoms with Gasteiger partial charge in [-0.05, 0) is 36.4 Å². The fourth-order valence-electron chi connectivity index (χ4n) is 2.50. The number of hydrogen-bond acceptors (Lipinski definition) is 4. The van der Waals surface area contributed by atoms with Crippen molar-refractivity contribution in [1.29, 1.82) is 0 Å². The molecular weight excluding hydrogens is 375 g/mol. The first kappa shape index (κ1) is 18.2.